The number of methoxy groups -OCH3 is 1. The second-order valence-electron chi connectivity index (χ2n) is 10.7. The maximum Gasteiger partial charge on any atom is 0.302 e. The Morgan fingerprint density at radius 1 is 1.03 bits per heavy atom. The third-order valence-electron chi connectivity index (χ3n) is 8.54. The Labute approximate surface area is 219 Å². The molecule has 0 spiro atoms. The van der Waals surface area contributed by atoms with Crippen molar-refractivity contribution in [3.05, 3.63) is 77.9 Å². The predicted octanol–water partition coefficient (Wildman–Crippen LogP) is 4.90. The molecule has 0 radical (unpaired) electrons. The number of esters is 1. The van der Waals surface area contributed by atoms with Gasteiger partial charge in [0.25, 0.3) is 5.91 Å². The lowest BCUT2D eigenvalue weighted by Gasteiger charge is -2.56. The number of amides is 1. The molecule has 6 nitrogen and oxygen atoms in total. The summed E-state index contributed by atoms with van der Waals surface area (Å²) in [6.07, 6.45) is 2.08. The van der Waals surface area contributed by atoms with Gasteiger partial charge in [-0.25, -0.2) is 0 Å². The average Bonchev–Trinajstić information content (AvgIpc) is 2.92. The van der Waals surface area contributed by atoms with Crippen molar-refractivity contribution in [3.8, 4) is 5.75 Å². The van der Waals surface area contributed by atoms with Crippen LogP contribution in [0.15, 0.2) is 66.7 Å². The Kier molecular flexibility index (Phi) is 6.95. The van der Waals surface area contributed by atoms with E-state index in [0.717, 1.165) is 42.5 Å². The van der Waals surface area contributed by atoms with Gasteiger partial charge in [-0.05, 0) is 67.0 Å². The standard InChI is InChI=1S/C31H36N2O4/c1-21(34)37-29-18-26(33(3)30(35)24-13-12-22-8-5-6-9-23(22)16-24)19-31(14-15-32(2)20-28(29)31)25-10-7-11-27(17-25)36-4/h5-13,16-17,26,28-29H,14-15,18-20H2,1-4H3. The minimum absolute atomic E-state index is 0.00972. The first-order valence-electron chi connectivity index (χ1n) is 13.1. The fourth-order valence-electron chi connectivity index (χ4n) is 6.58. The fraction of sp³-hybridized carbons (Fsp3) is 0.419. The lowest BCUT2D eigenvalue weighted by atomic mass is 9.56. The Morgan fingerprint density at radius 2 is 1.81 bits per heavy atom. The number of hydrogen-bond acceptors (Lipinski definition) is 5. The van der Waals surface area contributed by atoms with E-state index in [1.54, 1.807) is 7.11 Å². The quantitative estimate of drug-likeness (QED) is 0.466. The fourth-order valence-corrected chi connectivity index (χ4v) is 6.58. The summed E-state index contributed by atoms with van der Waals surface area (Å²) >= 11 is 0. The molecule has 4 atom stereocenters. The monoisotopic (exact) mass is 500 g/mol. The van der Waals surface area contributed by atoms with Crippen LogP contribution in [0.5, 0.6) is 5.75 Å². The highest BCUT2D eigenvalue weighted by Crippen LogP contribution is 2.51. The van der Waals surface area contributed by atoms with Crippen molar-refractivity contribution in [1.29, 1.82) is 0 Å². The zero-order valence-corrected chi connectivity index (χ0v) is 22.1. The maximum atomic E-state index is 13.8. The van der Waals surface area contributed by atoms with Crippen LogP contribution in [0.2, 0.25) is 0 Å². The van der Waals surface area contributed by atoms with Crippen LogP contribution in [-0.4, -0.2) is 68.1 Å². The molecule has 2 fully saturated rings. The third-order valence-corrected chi connectivity index (χ3v) is 8.54. The van der Waals surface area contributed by atoms with Crippen molar-refractivity contribution < 1.29 is 19.1 Å². The average molecular weight is 501 g/mol. The number of likely N-dealkylation sites (tertiary alicyclic amines) is 1. The zero-order chi connectivity index (χ0) is 26.2. The first-order chi connectivity index (χ1) is 17.8. The van der Waals surface area contributed by atoms with Gasteiger partial charge in [-0.3, -0.25) is 9.59 Å². The molecule has 2 aliphatic rings. The molecule has 37 heavy (non-hydrogen) atoms. The van der Waals surface area contributed by atoms with Crippen molar-refractivity contribution in [2.45, 2.75) is 43.7 Å². The Hall–Kier alpha value is -3.38. The minimum atomic E-state index is -0.281. The van der Waals surface area contributed by atoms with Gasteiger partial charge in [0.1, 0.15) is 11.9 Å². The van der Waals surface area contributed by atoms with E-state index in [0.29, 0.717) is 12.0 Å². The van der Waals surface area contributed by atoms with Crippen LogP contribution >= 0.6 is 0 Å². The van der Waals surface area contributed by atoms with E-state index in [9.17, 15) is 9.59 Å². The number of hydrogen-bond donors (Lipinski definition) is 0. The molecule has 1 aliphatic carbocycles. The van der Waals surface area contributed by atoms with Gasteiger partial charge < -0.3 is 19.3 Å². The van der Waals surface area contributed by atoms with Gasteiger partial charge in [0, 0.05) is 49.9 Å². The van der Waals surface area contributed by atoms with Crippen LogP contribution in [0.25, 0.3) is 10.8 Å². The van der Waals surface area contributed by atoms with Gasteiger partial charge in [0.2, 0.25) is 0 Å². The summed E-state index contributed by atoms with van der Waals surface area (Å²) in [4.78, 5) is 30.2. The van der Waals surface area contributed by atoms with Gasteiger partial charge in [0.05, 0.1) is 7.11 Å². The number of carbonyl (C=O) groups excluding carboxylic acids is 2. The Bertz CT molecular complexity index is 1310. The first kappa shape index (κ1) is 25.3. The second-order valence-corrected chi connectivity index (χ2v) is 10.7. The van der Waals surface area contributed by atoms with Crippen LogP contribution in [0.1, 0.15) is 42.1 Å². The van der Waals surface area contributed by atoms with Crippen molar-refractivity contribution in [1.82, 2.24) is 9.80 Å². The molecule has 3 aromatic carbocycles. The third kappa shape index (κ3) is 4.82. The maximum absolute atomic E-state index is 13.8. The van der Waals surface area contributed by atoms with Crippen LogP contribution in [0.3, 0.4) is 0 Å². The Balaban J connectivity index is 1.53. The number of carbonyl (C=O) groups is 2. The van der Waals surface area contributed by atoms with Gasteiger partial charge in [-0.1, -0.05) is 42.5 Å². The largest absolute Gasteiger partial charge is 0.497 e. The smallest absolute Gasteiger partial charge is 0.302 e. The summed E-state index contributed by atoms with van der Waals surface area (Å²) in [7, 11) is 5.70. The predicted molar refractivity (Wildman–Crippen MR) is 145 cm³/mol. The molecular weight excluding hydrogens is 464 g/mol. The molecule has 0 bridgehead atoms. The molecule has 1 heterocycles. The number of nitrogens with zero attached hydrogens (tertiary/aromatic N) is 2. The van der Waals surface area contributed by atoms with E-state index in [1.165, 1.54) is 12.5 Å². The van der Waals surface area contributed by atoms with Crippen molar-refractivity contribution in [2.24, 2.45) is 5.92 Å². The van der Waals surface area contributed by atoms with E-state index >= 15 is 0 Å². The molecule has 5 rings (SSSR count). The summed E-state index contributed by atoms with van der Waals surface area (Å²) < 4.78 is 11.6. The summed E-state index contributed by atoms with van der Waals surface area (Å²) in [5, 5.41) is 2.16. The van der Waals surface area contributed by atoms with Gasteiger partial charge in [0.15, 0.2) is 0 Å². The van der Waals surface area contributed by atoms with Crippen molar-refractivity contribution >= 4 is 22.6 Å². The summed E-state index contributed by atoms with van der Waals surface area (Å²) in [6, 6.07) is 22.2. The van der Waals surface area contributed by atoms with Crippen LogP contribution < -0.4 is 4.74 Å². The summed E-state index contributed by atoms with van der Waals surface area (Å²) in [6.45, 7) is 3.26. The lowest BCUT2D eigenvalue weighted by Crippen LogP contribution is -2.61. The molecule has 0 aromatic heterocycles. The molecule has 194 valence electrons. The van der Waals surface area contributed by atoms with Crippen LogP contribution in [0, 0.1) is 5.92 Å². The van der Waals surface area contributed by atoms with Crippen molar-refractivity contribution in [3.63, 3.8) is 0 Å². The van der Waals surface area contributed by atoms with Crippen LogP contribution in [-0.2, 0) is 14.9 Å². The van der Waals surface area contributed by atoms with E-state index in [2.05, 4.69) is 30.1 Å². The summed E-state index contributed by atoms with van der Waals surface area (Å²) in [5.74, 6) is 0.658. The van der Waals surface area contributed by atoms with E-state index in [4.69, 9.17) is 9.47 Å². The molecule has 0 N–H and O–H groups in total. The molecule has 1 saturated heterocycles. The minimum Gasteiger partial charge on any atom is -0.497 e. The molecule has 1 saturated carbocycles. The number of piperidine rings is 1. The molecule has 4 unspecified atom stereocenters. The molecule has 3 aromatic rings. The van der Waals surface area contributed by atoms with Gasteiger partial charge >= 0.3 is 5.97 Å². The van der Waals surface area contributed by atoms with Crippen molar-refractivity contribution in [2.75, 3.05) is 34.3 Å². The number of fused-ring (bicyclic) bond motifs is 2. The number of benzene rings is 3. The first-order valence-corrected chi connectivity index (χ1v) is 13.1. The SMILES string of the molecule is COc1cccc(C23CCN(C)CC2C(OC(C)=O)CC(N(C)C(=O)c2ccc4ccccc4c2)C3)c1. The second kappa shape index (κ2) is 10.2. The Morgan fingerprint density at radius 3 is 2.57 bits per heavy atom. The van der Waals surface area contributed by atoms with E-state index in [-0.39, 0.29) is 35.4 Å². The van der Waals surface area contributed by atoms with Gasteiger partial charge in [-0.2, -0.15) is 0 Å². The molecule has 6 heteroatoms. The highest BCUT2D eigenvalue weighted by Gasteiger charge is 2.54. The molecule has 1 amide bonds. The van der Waals surface area contributed by atoms with Crippen LogP contribution in [0.4, 0.5) is 0 Å². The van der Waals surface area contributed by atoms with E-state index in [1.807, 2.05) is 60.5 Å². The number of ether oxygens (including phenoxy) is 2. The lowest BCUT2D eigenvalue weighted by molar-refractivity contribution is -0.158. The topological polar surface area (TPSA) is 59.1 Å². The molecule has 1 aliphatic heterocycles. The number of rotatable bonds is 5. The molecular formula is C31H36N2O4. The van der Waals surface area contributed by atoms with E-state index < -0.39 is 0 Å². The highest BCUT2D eigenvalue weighted by atomic mass is 16.5. The van der Waals surface area contributed by atoms with Gasteiger partial charge in [-0.15, -0.1) is 0 Å². The zero-order valence-electron chi connectivity index (χ0n) is 22.1. The normalized spacial score (nSPS) is 25.8. The summed E-state index contributed by atoms with van der Waals surface area (Å²) in [5.41, 5.74) is 1.63. The highest BCUT2D eigenvalue weighted by molar-refractivity contribution is 5.98.